The van der Waals surface area contributed by atoms with Gasteiger partial charge in [0.05, 0.1) is 18.8 Å². The van der Waals surface area contributed by atoms with Crippen LogP contribution in [0.2, 0.25) is 0 Å². The van der Waals surface area contributed by atoms with Crippen LogP contribution >= 0.6 is 0 Å². The minimum absolute atomic E-state index is 0.259. The van der Waals surface area contributed by atoms with E-state index in [1.807, 2.05) is 0 Å². The molecule has 0 aliphatic heterocycles. The Labute approximate surface area is 89.0 Å². The molecule has 0 spiro atoms. The van der Waals surface area contributed by atoms with Gasteiger partial charge in [-0.3, -0.25) is 0 Å². The van der Waals surface area contributed by atoms with Crippen LogP contribution in [0.25, 0.3) is 0 Å². The standard InChI is InChI=1S/C12H25O2/c1-5-8-9-13-10-12(7-3)14-11(4)6-2/h11-12H,1,5-10H2,2-4H3. The van der Waals surface area contributed by atoms with Gasteiger partial charge in [-0.2, -0.15) is 0 Å². The number of unbranched alkanes of at least 4 members (excludes halogenated alkanes) is 1. The zero-order valence-corrected chi connectivity index (χ0v) is 9.92. The minimum Gasteiger partial charge on any atom is -0.379 e. The predicted molar refractivity (Wildman–Crippen MR) is 60.3 cm³/mol. The zero-order valence-electron chi connectivity index (χ0n) is 9.92. The Morgan fingerprint density at radius 1 is 1.21 bits per heavy atom. The monoisotopic (exact) mass is 201 g/mol. The number of hydrogen-bond donors (Lipinski definition) is 0. The van der Waals surface area contributed by atoms with Gasteiger partial charge < -0.3 is 9.47 Å². The lowest BCUT2D eigenvalue weighted by atomic mass is 10.2. The molecule has 2 atom stereocenters. The summed E-state index contributed by atoms with van der Waals surface area (Å²) in [5.74, 6) is 0. The lowest BCUT2D eigenvalue weighted by molar-refractivity contribution is -0.0531. The highest BCUT2D eigenvalue weighted by atomic mass is 16.5. The van der Waals surface area contributed by atoms with Crippen molar-refractivity contribution in [1.82, 2.24) is 0 Å². The lowest BCUT2D eigenvalue weighted by Gasteiger charge is -2.20. The average molecular weight is 201 g/mol. The average Bonchev–Trinajstić information content (AvgIpc) is 2.22. The molecule has 0 amide bonds. The van der Waals surface area contributed by atoms with E-state index in [0.717, 1.165) is 38.9 Å². The van der Waals surface area contributed by atoms with Crippen LogP contribution in [0.4, 0.5) is 0 Å². The Hall–Kier alpha value is -0.0800. The van der Waals surface area contributed by atoms with Gasteiger partial charge in [-0.15, -0.1) is 0 Å². The summed E-state index contributed by atoms with van der Waals surface area (Å²) in [5.41, 5.74) is 0. The topological polar surface area (TPSA) is 18.5 Å². The minimum atomic E-state index is 0.259. The van der Waals surface area contributed by atoms with Crippen LogP contribution in [-0.4, -0.2) is 25.4 Å². The molecule has 14 heavy (non-hydrogen) atoms. The van der Waals surface area contributed by atoms with Crippen molar-refractivity contribution < 1.29 is 9.47 Å². The van der Waals surface area contributed by atoms with E-state index in [1.54, 1.807) is 0 Å². The van der Waals surface area contributed by atoms with Gasteiger partial charge >= 0.3 is 0 Å². The molecular formula is C12H25O2. The first-order valence-corrected chi connectivity index (χ1v) is 5.77. The fourth-order valence-electron chi connectivity index (χ4n) is 1.10. The van der Waals surface area contributed by atoms with Crippen molar-refractivity contribution in [2.45, 2.75) is 58.7 Å². The van der Waals surface area contributed by atoms with Gasteiger partial charge in [-0.1, -0.05) is 27.2 Å². The molecule has 85 valence electrons. The van der Waals surface area contributed by atoms with Gasteiger partial charge in [-0.25, -0.2) is 0 Å². The Morgan fingerprint density at radius 2 is 1.93 bits per heavy atom. The molecule has 0 fully saturated rings. The van der Waals surface area contributed by atoms with Crippen LogP contribution in [-0.2, 0) is 9.47 Å². The quantitative estimate of drug-likeness (QED) is 0.533. The van der Waals surface area contributed by atoms with Crippen LogP contribution in [0.5, 0.6) is 0 Å². The fourth-order valence-corrected chi connectivity index (χ4v) is 1.10. The van der Waals surface area contributed by atoms with Crippen LogP contribution < -0.4 is 0 Å². The Kier molecular flexibility index (Phi) is 9.42. The van der Waals surface area contributed by atoms with Crippen molar-refractivity contribution in [2.24, 2.45) is 0 Å². The van der Waals surface area contributed by atoms with E-state index in [2.05, 4.69) is 27.7 Å². The molecule has 0 aliphatic rings. The summed E-state index contributed by atoms with van der Waals surface area (Å²) in [7, 11) is 0. The fraction of sp³-hybridized carbons (Fsp3) is 0.917. The molecule has 0 saturated heterocycles. The Morgan fingerprint density at radius 3 is 2.43 bits per heavy atom. The number of ether oxygens (including phenoxy) is 2. The van der Waals surface area contributed by atoms with Gasteiger partial charge in [0.25, 0.3) is 0 Å². The van der Waals surface area contributed by atoms with E-state index in [4.69, 9.17) is 9.47 Å². The highest BCUT2D eigenvalue weighted by Crippen LogP contribution is 2.06. The summed E-state index contributed by atoms with van der Waals surface area (Å²) < 4.78 is 11.3. The summed E-state index contributed by atoms with van der Waals surface area (Å²) in [4.78, 5) is 0. The summed E-state index contributed by atoms with van der Waals surface area (Å²) >= 11 is 0. The molecular weight excluding hydrogens is 176 g/mol. The SMILES string of the molecule is [CH2]CCCOCC(CC)OC(C)CC. The van der Waals surface area contributed by atoms with Crippen molar-refractivity contribution in [2.75, 3.05) is 13.2 Å². The summed E-state index contributed by atoms with van der Waals surface area (Å²) in [6, 6.07) is 0. The number of hydrogen-bond acceptors (Lipinski definition) is 2. The molecule has 0 aromatic carbocycles. The molecule has 1 radical (unpaired) electrons. The van der Waals surface area contributed by atoms with Crippen molar-refractivity contribution in [3.8, 4) is 0 Å². The first-order chi connectivity index (χ1) is 6.74. The lowest BCUT2D eigenvalue weighted by Crippen LogP contribution is -2.24. The maximum absolute atomic E-state index is 5.79. The summed E-state index contributed by atoms with van der Waals surface area (Å²) in [6.07, 6.45) is 4.68. The molecule has 2 nitrogen and oxygen atoms in total. The Balaban J connectivity index is 3.47. The van der Waals surface area contributed by atoms with Crippen molar-refractivity contribution in [1.29, 1.82) is 0 Å². The molecule has 0 N–H and O–H groups in total. The third-order valence-corrected chi connectivity index (χ3v) is 2.30. The van der Waals surface area contributed by atoms with Crippen LogP contribution in [0, 0.1) is 6.92 Å². The van der Waals surface area contributed by atoms with Crippen LogP contribution in [0.1, 0.15) is 46.5 Å². The van der Waals surface area contributed by atoms with E-state index in [1.165, 1.54) is 0 Å². The van der Waals surface area contributed by atoms with E-state index in [-0.39, 0.29) is 6.10 Å². The summed E-state index contributed by atoms with van der Waals surface area (Å²) in [6.45, 7) is 11.7. The largest absolute Gasteiger partial charge is 0.379 e. The zero-order chi connectivity index (χ0) is 10.8. The van der Waals surface area contributed by atoms with Crippen molar-refractivity contribution >= 4 is 0 Å². The highest BCUT2D eigenvalue weighted by Gasteiger charge is 2.09. The van der Waals surface area contributed by atoms with Gasteiger partial charge in [0.15, 0.2) is 0 Å². The third kappa shape index (κ3) is 7.34. The molecule has 0 aromatic rings. The molecule has 0 aromatic heterocycles. The molecule has 0 heterocycles. The smallest absolute Gasteiger partial charge is 0.0809 e. The number of rotatable bonds is 9. The van der Waals surface area contributed by atoms with E-state index >= 15 is 0 Å². The van der Waals surface area contributed by atoms with E-state index in [0.29, 0.717) is 6.10 Å². The van der Waals surface area contributed by atoms with Gasteiger partial charge in [-0.05, 0) is 26.2 Å². The van der Waals surface area contributed by atoms with E-state index in [9.17, 15) is 0 Å². The maximum atomic E-state index is 5.79. The predicted octanol–water partition coefficient (Wildman–Crippen LogP) is 3.21. The first-order valence-electron chi connectivity index (χ1n) is 5.77. The molecule has 2 heteroatoms. The van der Waals surface area contributed by atoms with Gasteiger partial charge in [0, 0.05) is 6.61 Å². The second kappa shape index (κ2) is 9.47. The second-order valence-electron chi connectivity index (χ2n) is 3.67. The maximum Gasteiger partial charge on any atom is 0.0809 e. The highest BCUT2D eigenvalue weighted by molar-refractivity contribution is 4.57. The molecule has 0 bridgehead atoms. The molecule has 2 unspecified atom stereocenters. The second-order valence-corrected chi connectivity index (χ2v) is 3.67. The van der Waals surface area contributed by atoms with Gasteiger partial charge in [0.2, 0.25) is 0 Å². The normalized spacial score (nSPS) is 15.4. The molecule has 0 rings (SSSR count). The Bertz CT molecular complexity index is 115. The first kappa shape index (κ1) is 13.9. The van der Waals surface area contributed by atoms with Crippen molar-refractivity contribution in [3.63, 3.8) is 0 Å². The van der Waals surface area contributed by atoms with E-state index < -0.39 is 0 Å². The molecule has 0 saturated carbocycles. The van der Waals surface area contributed by atoms with Gasteiger partial charge in [0.1, 0.15) is 0 Å². The summed E-state index contributed by atoms with van der Waals surface area (Å²) in [5, 5.41) is 0. The third-order valence-electron chi connectivity index (χ3n) is 2.30. The van der Waals surface area contributed by atoms with Crippen LogP contribution in [0.3, 0.4) is 0 Å². The van der Waals surface area contributed by atoms with Crippen molar-refractivity contribution in [3.05, 3.63) is 6.92 Å². The van der Waals surface area contributed by atoms with Crippen LogP contribution in [0.15, 0.2) is 0 Å². The molecule has 0 aliphatic carbocycles.